The van der Waals surface area contributed by atoms with E-state index in [-0.39, 0.29) is 29.5 Å². The molecule has 2 saturated heterocycles. The Morgan fingerprint density at radius 3 is 2.60 bits per heavy atom. The van der Waals surface area contributed by atoms with Crippen LogP contribution in [0.2, 0.25) is 0 Å². The summed E-state index contributed by atoms with van der Waals surface area (Å²) in [6.07, 6.45) is 9.06. The molecular formula is C26H34N6O3. The number of hydrogen-bond acceptors (Lipinski definition) is 8. The van der Waals surface area contributed by atoms with Crippen LogP contribution in [0.4, 0.5) is 11.4 Å². The maximum Gasteiger partial charge on any atom is 0.261 e. The monoisotopic (exact) mass is 478 g/mol. The van der Waals surface area contributed by atoms with Crippen LogP contribution in [-0.4, -0.2) is 71.3 Å². The van der Waals surface area contributed by atoms with Gasteiger partial charge in [0, 0.05) is 82.3 Å². The number of nitrogens with two attached hydrogens (primary N) is 1. The zero-order chi connectivity index (χ0) is 24.4. The zero-order valence-corrected chi connectivity index (χ0v) is 20.2. The number of hydrogen-bond donors (Lipinski definition) is 3. The molecule has 1 aromatic heterocycles. The highest BCUT2D eigenvalue weighted by Gasteiger charge is 2.42. The average Bonchev–Trinajstić information content (AvgIpc) is 3.23. The second-order valence-electron chi connectivity index (χ2n) is 9.96. The molecule has 3 aliphatic heterocycles. The number of piperidine rings is 2. The fraction of sp³-hybridized carbons (Fsp3) is 0.500. The minimum atomic E-state index is -0.349. The van der Waals surface area contributed by atoms with Crippen LogP contribution >= 0.6 is 0 Å². The molecule has 4 N–H and O–H groups in total. The number of aliphatic hydroxyl groups is 1. The summed E-state index contributed by atoms with van der Waals surface area (Å²) in [7, 11) is 2.15. The molecule has 0 atom stereocenters. The number of nitrogens with zero attached hydrogens (tertiary/aromatic N) is 4. The molecule has 1 aromatic carbocycles. The molecule has 9 nitrogen and oxygen atoms in total. The highest BCUT2D eigenvalue weighted by molar-refractivity contribution is 6.24. The summed E-state index contributed by atoms with van der Waals surface area (Å²) in [5.74, 6) is 1.16. The number of ether oxygens (including phenoxy) is 1. The minimum absolute atomic E-state index is 0.168. The van der Waals surface area contributed by atoms with E-state index in [0.29, 0.717) is 5.92 Å². The van der Waals surface area contributed by atoms with Crippen LogP contribution < -0.4 is 20.7 Å². The standard InChI is InChI=1S/C26H34N6O3/c1-31-11-5-26(6-12-31)15-19-13-21(30-25(34)20(16-27)24-28-7-2-8-29-24)22(14-23(19)35-26)32-9-3-18(17-33)4-10-32/h2,7-8,13-14,16,18,33H,3-6,9-12,15,17,27H2,1H3,(H,30,34). The number of carbonyl (C=O) groups is 1. The first kappa shape index (κ1) is 23.6. The number of rotatable bonds is 5. The van der Waals surface area contributed by atoms with E-state index in [0.717, 1.165) is 81.0 Å². The van der Waals surface area contributed by atoms with Gasteiger partial charge in [-0.15, -0.1) is 0 Å². The molecule has 35 heavy (non-hydrogen) atoms. The Morgan fingerprint density at radius 1 is 1.23 bits per heavy atom. The van der Waals surface area contributed by atoms with Crippen molar-refractivity contribution in [2.75, 3.05) is 50.1 Å². The third-order valence-electron chi connectivity index (χ3n) is 7.60. The first-order valence-electron chi connectivity index (χ1n) is 12.4. The SMILES string of the molecule is CN1CCC2(CC1)Cc1cc(NC(=O)C(=CN)c3ncccn3)c(N3CCC(CO)CC3)cc1O2. The van der Waals surface area contributed by atoms with Crippen molar-refractivity contribution in [3.8, 4) is 5.75 Å². The predicted octanol–water partition coefficient (Wildman–Crippen LogP) is 2.02. The van der Waals surface area contributed by atoms with Crippen LogP contribution in [0.5, 0.6) is 5.75 Å². The molecule has 186 valence electrons. The maximum absolute atomic E-state index is 13.3. The van der Waals surface area contributed by atoms with Crippen LogP contribution in [0.15, 0.2) is 36.8 Å². The van der Waals surface area contributed by atoms with E-state index in [9.17, 15) is 9.90 Å². The van der Waals surface area contributed by atoms with Crippen molar-refractivity contribution in [2.24, 2.45) is 11.7 Å². The lowest BCUT2D eigenvalue weighted by Gasteiger charge is -2.37. The van der Waals surface area contributed by atoms with Gasteiger partial charge in [0.15, 0.2) is 5.82 Å². The summed E-state index contributed by atoms with van der Waals surface area (Å²) in [4.78, 5) is 26.3. The number of aromatic nitrogens is 2. The van der Waals surface area contributed by atoms with E-state index in [1.807, 2.05) is 0 Å². The van der Waals surface area contributed by atoms with Crippen molar-refractivity contribution in [3.05, 3.63) is 48.2 Å². The zero-order valence-electron chi connectivity index (χ0n) is 20.2. The quantitative estimate of drug-likeness (QED) is 0.559. The summed E-state index contributed by atoms with van der Waals surface area (Å²) in [5.41, 5.74) is 8.65. The number of aliphatic hydroxyl groups excluding tert-OH is 1. The van der Waals surface area contributed by atoms with E-state index >= 15 is 0 Å². The number of benzene rings is 1. The summed E-state index contributed by atoms with van der Waals surface area (Å²) in [6, 6.07) is 5.85. The van der Waals surface area contributed by atoms with Crippen molar-refractivity contribution in [2.45, 2.75) is 37.7 Å². The molecule has 0 unspecified atom stereocenters. The van der Waals surface area contributed by atoms with Gasteiger partial charge in [-0.05, 0) is 37.9 Å². The van der Waals surface area contributed by atoms with Gasteiger partial charge in [0.1, 0.15) is 11.4 Å². The molecule has 0 aliphatic carbocycles. The number of anilines is 2. The molecule has 0 radical (unpaired) electrons. The summed E-state index contributed by atoms with van der Waals surface area (Å²) in [5, 5.41) is 12.7. The van der Waals surface area contributed by atoms with Gasteiger partial charge in [-0.3, -0.25) is 4.79 Å². The van der Waals surface area contributed by atoms with Gasteiger partial charge in [-0.25, -0.2) is 9.97 Å². The van der Waals surface area contributed by atoms with E-state index in [1.165, 1.54) is 6.20 Å². The number of carbonyl (C=O) groups excluding carboxylic acids is 1. The second-order valence-corrected chi connectivity index (χ2v) is 9.96. The summed E-state index contributed by atoms with van der Waals surface area (Å²) in [6.45, 7) is 3.86. The second kappa shape index (κ2) is 9.83. The van der Waals surface area contributed by atoms with Crippen LogP contribution in [-0.2, 0) is 11.2 Å². The molecule has 5 rings (SSSR count). The number of nitrogens with one attached hydrogen (secondary N) is 1. The van der Waals surface area contributed by atoms with Crippen LogP contribution in [0.1, 0.15) is 37.1 Å². The van der Waals surface area contributed by atoms with E-state index < -0.39 is 0 Å². The van der Waals surface area contributed by atoms with Crippen molar-refractivity contribution in [1.29, 1.82) is 0 Å². The van der Waals surface area contributed by atoms with Crippen LogP contribution in [0, 0.1) is 5.92 Å². The third-order valence-corrected chi connectivity index (χ3v) is 7.60. The van der Waals surface area contributed by atoms with Crippen molar-refractivity contribution < 1.29 is 14.6 Å². The molecular weight excluding hydrogens is 444 g/mol. The molecule has 2 aromatic rings. The number of likely N-dealkylation sites (tertiary alicyclic amines) is 1. The fourth-order valence-corrected chi connectivity index (χ4v) is 5.37. The van der Waals surface area contributed by atoms with E-state index in [2.05, 4.69) is 44.3 Å². The van der Waals surface area contributed by atoms with Crippen molar-refractivity contribution >= 4 is 22.9 Å². The third kappa shape index (κ3) is 4.83. The smallest absolute Gasteiger partial charge is 0.261 e. The van der Waals surface area contributed by atoms with E-state index in [1.54, 1.807) is 18.5 Å². The largest absolute Gasteiger partial charge is 0.486 e. The van der Waals surface area contributed by atoms with Crippen LogP contribution in [0.3, 0.4) is 0 Å². The topological polar surface area (TPSA) is 117 Å². The fourth-order valence-electron chi connectivity index (χ4n) is 5.37. The summed E-state index contributed by atoms with van der Waals surface area (Å²) >= 11 is 0. The Bertz CT molecular complexity index is 1090. The predicted molar refractivity (Wildman–Crippen MR) is 135 cm³/mol. The van der Waals surface area contributed by atoms with Gasteiger partial charge < -0.3 is 30.7 Å². The molecule has 0 saturated carbocycles. The normalized spacial score (nSPS) is 20.5. The highest BCUT2D eigenvalue weighted by Crippen LogP contribution is 2.45. The van der Waals surface area contributed by atoms with Gasteiger partial charge in [0.25, 0.3) is 5.91 Å². The first-order chi connectivity index (χ1) is 17.0. The van der Waals surface area contributed by atoms with Crippen molar-refractivity contribution in [3.63, 3.8) is 0 Å². The Hall–Kier alpha value is -3.17. The lowest BCUT2D eigenvalue weighted by Crippen LogP contribution is -2.45. The van der Waals surface area contributed by atoms with Gasteiger partial charge in [0.05, 0.1) is 16.9 Å². The van der Waals surface area contributed by atoms with Gasteiger partial charge in [-0.2, -0.15) is 0 Å². The first-order valence-corrected chi connectivity index (χ1v) is 12.4. The van der Waals surface area contributed by atoms with Crippen LogP contribution in [0.25, 0.3) is 5.57 Å². The molecule has 3 aliphatic rings. The minimum Gasteiger partial charge on any atom is -0.486 e. The lowest BCUT2D eigenvalue weighted by molar-refractivity contribution is -0.111. The number of amides is 1. The molecule has 0 bridgehead atoms. The molecule has 9 heteroatoms. The van der Waals surface area contributed by atoms with Crippen molar-refractivity contribution in [1.82, 2.24) is 14.9 Å². The highest BCUT2D eigenvalue weighted by atomic mass is 16.5. The Labute approximate surface area is 206 Å². The molecule has 4 heterocycles. The summed E-state index contributed by atoms with van der Waals surface area (Å²) < 4.78 is 6.60. The molecule has 1 amide bonds. The van der Waals surface area contributed by atoms with Gasteiger partial charge in [-0.1, -0.05) is 0 Å². The Balaban J connectivity index is 1.45. The lowest BCUT2D eigenvalue weighted by atomic mass is 9.87. The average molecular weight is 479 g/mol. The van der Waals surface area contributed by atoms with Gasteiger partial charge in [0.2, 0.25) is 0 Å². The van der Waals surface area contributed by atoms with E-state index in [4.69, 9.17) is 10.5 Å². The maximum atomic E-state index is 13.3. The molecule has 2 fully saturated rings. The van der Waals surface area contributed by atoms with Gasteiger partial charge >= 0.3 is 0 Å². The number of fused-ring (bicyclic) bond motifs is 1. The molecule has 1 spiro atoms. The Kier molecular flexibility index (Phi) is 6.62. The Morgan fingerprint density at radius 2 is 1.94 bits per heavy atom.